The Balaban J connectivity index is 2.31. The maximum atomic E-state index is 11.5. The third kappa shape index (κ3) is 5.16. The van der Waals surface area contributed by atoms with Gasteiger partial charge in [0.2, 0.25) is 5.91 Å². The second-order valence-corrected chi connectivity index (χ2v) is 4.75. The number of carbonyl (C=O) groups is 3. The third-order valence-corrected chi connectivity index (χ3v) is 3.27. The van der Waals surface area contributed by atoms with E-state index >= 15 is 0 Å². The van der Waals surface area contributed by atoms with Crippen molar-refractivity contribution in [3.63, 3.8) is 0 Å². The van der Waals surface area contributed by atoms with Gasteiger partial charge in [-0.2, -0.15) is 0 Å². The van der Waals surface area contributed by atoms with E-state index in [2.05, 4.69) is 5.32 Å². The van der Waals surface area contributed by atoms with Crippen LogP contribution in [0.1, 0.15) is 44.9 Å². The van der Waals surface area contributed by atoms with Crippen LogP contribution in [0, 0.1) is 5.92 Å². The fourth-order valence-electron chi connectivity index (χ4n) is 2.28. The second kappa shape index (κ2) is 6.98. The molecule has 0 aromatic heterocycles. The lowest BCUT2D eigenvalue weighted by molar-refractivity contribution is -0.147. The number of carbonyl (C=O) groups excluding carboxylic acids is 1. The summed E-state index contributed by atoms with van der Waals surface area (Å²) in [5, 5.41) is 19.6. The molecule has 1 rings (SSSR count). The van der Waals surface area contributed by atoms with Gasteiger partial charge in [0.15, 0.2) is 0 Å². The van der Waals surface area contributed by atoms with Crippen LogP contribution in [0.25, 0.3) is 0 Å². The predicted molar refractivity (Wildman–Crippen MR) is 63.0 cm³/mol. The molecule has 6 heteroatoms. The van der Waals surface area contributed by atoms with E-state index in [0.717, 1.165) is 19.3 Å². The van der Waals surface area contributed by atoms with Crippen molar-refractivity contribution in [2.24, 2.45) is 5.92 Å². The zero-order valence-corrected chi connectivity index (χ0v) is 10.2. The van der Waals surface area contributed by atoms with Crippen LogP contribution in [-0.4, -0.2) is 34.1 Å². The van der Waals surface area contributed by atoms with E-state index in [0.29, 0.717) is 5.92 Å². The maximum absolute atomic E-state index is 11.5. The van der Waals surface area contributed by atoms with E-state index in [1.165, 1.54) is 12.8 Å². The molecule has 0 spiro atoms. The van der Waals surface area contributed by atoms with Gasteiger partial charge in [-0.1, -0.05) is 25.7 Å². The molecule has 1 fully saturated rings. The van der Waals surface area contributed by atoms with E-state index in [4.69, 9.17) is 10.2 Å². The molecule has 1 amide bonds. The SMILES string of the molecule is O=C(O)CC(NC(=O)CCC1CCCC1)C(=O)O. The summed E-state index contributed by atoms with van der Waals surface area (Å²) < 4.78 is 0. The second-order valence-electron chi connectivity index (χ2n) is 4.75. The molecule has 0 aromatic rings. The predicted octanol–water partition coefficient (Wildman–Crippen LogP) is 1.00. The lowest BCUT2D eigenvalue weighted by atomic mass is 10.0. The minimum absolute atomic E-state index is 0.272. The van der Waals surface area contributed by atoms with Crippen molar-refractivity contribution in [2.45, 2.75) is 51.0 Å². The van der Waals surface area contributed by atoms with Crippen LogP contribution in [-0.2, 0) is 14.4 Å². The molecule has 1 aliphatic carbocycles. The summed E-state index contributed by atoms with van der Waals surface area (Å²) in [7, 11) is 0. The van der Waals surface area contributed by atoms with E-state index in [1.807, 2.05) is 0 Å². The first-order valence-electron chi connectivity index (χ1n) is 6.23. The van der Waals surface area contributed by atoms with Gasteiger partial charge < -0.3 is 15.5 Å². The molecule has 0 bridgehead atoms. The first-order chi connectivity index (χ1) is 8.49. The molecule has 18 heavy (non-hydrogen) atoms. The van der Waals surface area contributed by atoms with Crippen LogP contribution in [0.4, 0.5) is 0 Å². The van der Waals surface area contributed by atoms with Crippen LogP contribution >= 0.6 is 0 Å². The Hall–Kier alpha value is -1.59. The van der Waals surface area contributed by atoms with Crippen molar-refractivity contribution in [3.8, 4) is 0 Å². The molecule has 1 aliphatic rings. The van der Waals surface area contributed by atoms with Crippen LogP contribution in [0.15, 0.2) is 0 Å². The van der Waals surface area contributed by atoms with Gasteiger partial charge in [0.1, 0.15) is 6.04 Å². The summed E-state index contributed by atoms with van der Waals surface area (Å²) in [5.41, 5.74) is 0. The first-order valence-corrected chi connectivity index (χ1v) is 6.23. The zero-order valence-electron chi connectivity index (χ0n) is 10.2. The summed E-state index contributed by atoms with van der Waals surface area (Å²) >= 11 is 0. The number of hydrogen-bond donors (Lipinski definition) is 3. The lowest BCUT2D eigenvalue weighted by Gasteiger charge is -2.13. The van der Waals surface area contributed by atoms with Gasteiger partial charge in [0.05, 0.1) is 6.42 Å². The number of amides is 1. The monoisotopic (exact) mass is 257 g/mol. The molecular weight excluding hydrogens is 238 g/mol. The maximum Gasteiger partial charge on any atom is 0.326 e. The van der Waals surface area contributed by atoms with Crippen LogP contribution in [0.3, 0.4) is 0 Å². The number of aliphatic carboxylic acids is 2. The van der Waals surface area contributed by atoms with Crippen molar-refractivity contribution in [1.82, 2.24) is 5.32 Å². The lowest BCUT2D eigenvalue weighted by Crippen LogP contribution is -2.42. The molecule has 102 valence electrons. The van der Waals surface area contributed by atoms with Gasteiger partial charge >= 0.3 is 11.9 Å². The average Bonchev–Trinajstić information content (AvgIpc) is 2.77. The topological polar surface area (TPSA) is 104 Å². The number of carboxylic acids is 2. The first kappa shape index (κ1) is 14.5. The number of hydrogen-bond acceptors (Lipinski definition) is 3. The van der Waals surface area contributed by atoms with Gasteiger partial charge in [-0.3, -0.25) is 9.59 Å². The van der Waals surface area contributed by atoms with E-state index in [-0.39, 0.29) is 12.3 Å². The van der Waals surface area contributed by atoms with Crippen molar-refractivity contribution < 1.29 is 24.6 Å². The molecule has 1 unspecified atom stereocenters. The molecular formula is C12H19NO5. The molecule has 0 aliphatic heterocycles. The number of carboxylic acid groups (broad SMARTS) is 2. The van der Waals surface area contributed by atoms with Gasteiger partial charge in [0.25, 0.3) is 0 Å². The minimum atomic E-state index is -1.33. The summed E-state index contributed by atoms with van der Waals surface area (Å²) in [4.78, 5) is 32.7. The molecule has 0 saturated heterocycles. The fraction of sp³-hybridized carbons (Fsp3) is 0.750. The van der Waals surface area contributed by atoms with Crippen molar-refractivity contribution in [1.29, 1.82) is 0 Å². The Bertz CT molecular complexity index is 322. The minimum Gasteiger partial charge on any atom is -0.481 e. The smallest absolute Gasteiger partial charge is 0.326 e. The quantitative estimate of drug-likeness (QED) is 0.631. The van der Waals surface area contributed by atoms with Crippen molar-refractivity contribution >= 4 is 17.8 Å². The standard InChI is InChI=1S/C12H19NO5/c14-10(6-5-8-3-1-2-4-8)13-9(12(17)18)7-11(15)16/h8-9H,1-7H2,(H,13,14)(H,15,16)(H,17,18). The van der Waals surface area contributed by atoms with E-state index < -0.39 is 24.4 Å². The average molecular weight is 257 g/mol. The Morgan fingerprint density at radius 1 is 1.17 bits per heavy atom. The van der Waals surface area contributed by atoms with E-state index in [9.17, 15) is 14.4 Å². The summed E-state index contributed by atoms with van der Waals surface area (Å²) in [6, 6.07) is -1.33. The third-order valence-electron chi connectivity index (χ3n) is 3.27. The molecule has 1 atom stereocenters. The van der Waals surface area contributed by atoms with E-state index in [1.54, 1.807) is 0 Å². The molecule has 6 nitrogen and oxygen atoms in total. The Kier molecular flexibility index (Phi) is 5.61. The van der Waals surface area contributed by atoms with Gasteiger partial charge in [-0.15, -0.1) is 0 Å². The van der Waals surface area contributed by atoms with Gasteiger partial charge in [0, 0.05) is 6.42 Å². The summed E-state index contributed by atoms with van der Waals surface area (Å²) in [6.45, 7) is 0. The van der Waals surface area contributed by atoms with Crippen LogP contribution in [0.5, 0.6) is 0 Å². The fourth-order valence-corrected chi connectivity index (χ4v) is 2.28. The summed E-state index contributed by atoms with van der Waals surface area (Å²) in [6.07, 6.45) is 5.09. The van der Waals surface area contributed by atoms with Crippen molar-refractivity contribution in [3.05, 3.63) is 0 Å². The highest BCUT2D eigenvalue weighted by Crippen LogP contribution is 2.28. The van der Waals surface area contributed by atoms with Crippen molar-refractivity contribution in [2.75, 3.05) is 0 Å². The zero-order chi connectivity index (χ0) is 13.5. The molecule has 0 aromatic carbocycles. The Morgan fingerprint density at radius 3 is 2.28 bits per heavy atom. The molecule has 0 radical (unpaired) electrons. The normalized spacial score (nSPS) is 17.3. The number of rotatable bonds is 7. The Labute approximate surface area is 105 Å². The molecule has 1 saturated carbocycles. The Morgan fingerprint density at radius 2 is 1.78 bits per heavy atom. The molecule has 3 N–H and O–H groups in total. The molecule has 0 heterocycles. The van der Waals surface area contributed by atoms with Crippen LogP contribution < -0.4 is 5.32 Å². The van der Waals surface area contributed by atoms with Crippen LogP contribution in [0.2, 0.25) is 0 Å². The largest absolute Gasteiger partial charge is 0.481 e. The highest BCUT2D eigenvalue weighted by atomic mass is 16.4. The summed E-state index contributed by atoms with van der Waals surface area (Å²) in [5.74, 6) is -2.38. The highest BCUT2D eigenvalue weighted by Gasteiger charge is 2.23. The van der Waals surface area contributed by atoms with Gasteiger partial charge in [-0.25, -0.2) is 4.79 Å². The van der Waals surface area contributed by atoms with Gasteiger partial charge in [-0.05, 0) is 12.3 Å². The highest BCUT2D eigenvalue weighted by molar-refractivity contribution is 5.86. The number of nitrogens with one attached hydrogen (secondary N) is 1.